The minimum Gasteiger partial charge on any atom is -0.348 e. The van der Waals surface area contributed by atoms with E-state index in [2.05, 4.69) is 25.7 Å². The maximum atomic E-state index is 12.2. The van der Waals surface area contributed by atoms with Crippen molar-refractivity contribution < 1.29 is 4.79 Å². The molecule has 1 saturated carbocycles. The van der Waals surface area contributed by atoms with Gasteiger partial charge in [0.15, 0.2) is 10.9 Å². The number of aromatic nitrogens is 1. The van der Waals surface area contributed by atoms with Gasteiger partial charge in [0, 0.05) is 19.5 Å². The van der Waals surface area contributed by atoms with Crippen LogP contribution >= 0.6 is 11.3 Å². The molecule has 1 fully saturated rings. The zero-order chi connectivity index (χ0) is 13.6. The molecule has 0 aliphatic heterocycles. The summed E-state index contributed by atoms with van der Waals surface area (Å²) < 4.78 is 0. The molecule has 0 atom stereocenters. The molecule has 3 rings (SSSR count). The highest BCUT2D eigenvalue weighted by Crippen LogP contribution is 2.40. The summed E-state index contributed by atoms with van der Waals surface area (Å²) in [7, 11) is 0. The van der Waals surface area contributed by atoms with E-state index in [9.17, 15) is 4.79 Å². The molecular weight excluding hydrogens is 256 g/mol. The lowest BCUT2D eigenvalue weighted by atomic mass is 9.78. The molecule has 4 heteroatoms. The van der Waals surface area contributed by atoms with Crippen LogP contribution in [0.5, 0.6) is 0 Å². The largest absolute Gasteiger partial charge is 0.348 e. The molecule has 2 aliphatic carbocycles. The van der Waals surface area contributed by atoms with Gasteiger partial charge in [-0.15, -0.1) is 0 Å². The molecule has 1 aromatic rings. The maximum Gasteiger partial charge on any atom is 0.186 e. The van der Waals surface area contributed by atoms with Gasteiger partial charge in [-0.2, -0.15) is 0 Å². The Morgan fingerprint density at radius 2 is 2.11 bits per heavy atom. The van der Waals surface area contributed by atoms with Crippen LogP contribution in [0.1, 0.15) is 55.4 Å². The monoisotopic (exact) mass is 278 g/mol. The Balaban J connectivity index is 1.86. The summed E-state index contributed by atoms with van der Waals surface area (Å²) in [4.78, 5) is 20.3. The average molecular weight is 278 g/mol. The van der Waals surface area contributed by atoms with Crippen molar-refractivity contribution in [3.05, 3.63) is 10.6 Å². The number of rotatable bonds is 4. The van der Waals surface area contributed by atoms with Crippen LogP contribution in [0, 0.1) is 11.3 Å². The van der Waals surface area contributed by atoms with E-state index in [-0.39, 0.29) is 11.2 Å². The van der Waals surface area contributed by atoms with Gasteiger partial charge in [-0.05, 0) is 37.5 Å². The molecule has 2 aliphatic rings. The third-order valence-corrected chi connectivity index (χ3v) is 5.25. The van der Waals surface area contributed by atoms with E-state index >= 15 is 0 Å². The van der Waals surface area contributed by atoms with Crippen LogP contribution in [-0.4, -0.2) is 23.9 Å². The van der Waals surface area contributed by atoms with Gasteiger partial charge >= 0.3 is 0 Å². The van der Waals surface area contributed by atoms with Gasteiger partial charge in [-0.1, -0.05) is 25.2 Å². The van der Waals surface area contributed by atoms with Gasteiger partial charge in [0.2, 0.25) is 0 Å². The summed E-state index contributed by atoms with van der Waals surface area (Å²) in [5, 5.41) is 1.06. The Labute approximate surface area is 119 Å². The molecule has 0 radical (unpaired) electrons. The van der Waals surface area contributed by atoms with Crippen LogP contribution in [-0.2, 0) is 6.42 Å². The second-order valence-corrected chi connectivity index (χ2v) is 7.67. The van der Waals surface area contributed by atoms with Crippen LogP contribution in [0.3, 0.4) is 0 Å². The number of Topliss-reactive ketones (excluding diaryl/α,β-unsaturated/α-hetero) is 1. The lowest BCUT2D eigenvalue weighted by Gasteiger charge is -2.26. The van der Waals surface area contributed by atoms with E-state index in [0.29, 0.717) is 6.42 Å². The Bertz CT molecular complexity index is 502. The summed E-state index contributed by atoms with van der Waals surface area (Å²) in [6.45, 7) is 8.60. The molecule has 1 aromatic heterocycles. The summed E-state index contributed by atoms with van der Waals surface area (Å²) in [5.41, 5.74) is 1.11. The number of carbonyl (C=O) groups excluding carboxylic acids is 1. The third-order valence-electron chi connectivity index (χ3n) is 4.05. The average Bonchev–Trinajstić information content (AvgIpc) is 3.04. The molecule has 0 aromatic carbocycles. The second-order valence-electron chi connectivity index (χ2n) is 6.70. The Morgan fingerprint density at radius 3 is 2.74 bits per heavy atom. The lowest BCUT2D eigenvalue weighted by Crippen LogP contribution is -2.26. The fourth-order valence-corrected chi connectivity index (χ4v) is 3.89. The predicted molar refractivity (Wildman–Crippen MR) is 79.2 cm³/mol. The van der Waals surface area contributed by atoms with Crippen molar-refractivity contribution in [2.45, 2.75) is 46.5 Å². The number of anilines is 1. The molecule has 104 valence electrons. The first-order valence-corrected chi connectivity index (χ1v) is 8.08. The first-order chi connectivity index (χ1) is 8.98. The van der Waals surface area contributed by atoms with Crippen molar-refractivity contribution in [2.24, 2.45) is 11.3 Å². The molecule has 0 saturated heterocycles. The van der Waals surface area contributed by atoms with E-state index in [4.69, 9.17) is 4.98 Å². The maximum absolute atomic E-state index is 12.2. The number of carbonyl (C=O) groups is 1. The SMILES string of the molecule is CCN(CC1CC1)c1nc2c(s1)C(=O)CC(C)(C)C2. The molecule has 3 nitrogen and oxygen atoms in total. The van der Waals surface area contributed by atoms with Gasteiger partial charge in [0.05, 0.1) is 10.6 Å². The number of fused-ring (bicyclic) bond motifs is 1. The van der Waals surface area contributed by atoms with Gasteiger partial charge in [-0.3, -0.25) is 4.79 Å². The number of hydrogen-bond donors (Lipinski definition) is 0. The summed E-state index contributed by atoms with van der Waals surface area (Å²) in [6.07, 6.45) is 4.31. The van der Waals surface area contributed by atoms with Gasteiger partial charge < -0.3 is 4.90 Å². The topological polar surface area (TPSA) is 33.2 Å². The Morgan fingerprint density at radius 1 is 1.37 bits per heavy atom. The molecule has 0 amide bonds. The number of nitrogens with zero attached hydrogens (tertiary/aromatic N) is 2. The highest BCUT2D eigenvalue weighted by Gasteiger charge is 2.35. The predicted octanol–water partition coefficient (Wildman–Crippen LogP) is 3.53. The number of thiazole rings is 1. The summed E-state index contributed by atoms with van der Waals surface area (Å²) >= 11 is 1.61. The van der Waals surface area contributed by atoms with Crippen LogP contribution in [0.4, 0.5) is 5.13 Å². The fraction of sp³-hybridized carbons (Fsp3) is 0.733. The standard InChI is InChI=1S/C15H22N2OS/c1-4-17(9-10-5-6-10)14-16-11-7-15(2,3)8-12(18)13(11)19-14/h10H,4-9H2,1-3H3. The van der Waals surface area contributed by atoms with Gasteiger partial charge in [0.1, 0.15) is 0 Å². The van der Waals surface area contributed by atoms with Crippen LogP contribution in [0.25, 0.3) is 0 Å². The second kappa shape index (κ2) is 4.58. The first kappa shape index (κ1) is 13.1. The van der Waals surface area contributed by atoms with E-state index in [1.165, 1.54) is 12.8 Å². The van der Waals surface area contributed by atoms with Crippen LogP contribution in [0.15, 0.2) is 0 Å². The van der Waals surface area contributed by atoms with Crippen molar-refractivity contribution in [2.75, 3.05) is 18.0 Å². The third kappa shape index (κ3) is 2.69. The zero-order valence-corrected chi connectivity index (χ0v) is 12.8. The Hall–Kier alpha value is -0.900. The molecule has 0 bridgehead atoms. The fourth-order valence-electron chi connectivity index (χ4n) is 2.80. The van der Waals surface area contributed by atoms with Gasteiger partial charge in [0.25, 0.3) is 0 Å². The van der Waals surface area contributed by atoms with Crippen LogP contribution < -0.4 is 4.90 Å². The smallest absolute Gasteiger partial charge is 0.186 e. The van der Waals surface area contributed by atoms with E-state index in [1.54, 1.807) is 11.3 Å². The zero-order valence-electron chi connectivity index (χ0n) is 12.0. The van der Waals surface area contributed by atoms with E-state index in [1.807, 2.05) is 0 Å². The van der Waals surface area contributed by atoms with Crippen molar-refractivity contribution in [3.63, 3.8) is 0 Å². The van der Waals surface area contributed by atoms with Crippen LogP contribution in [0.2, 0.25) is 0 Å². The van der Waals surface area contributed by atoms with Crippen molar-refractivity contribution in [1.29, 1.82) is 0 Å². The van der Waals surface area contributed by atoms with E-state index < -0.39 is 0 Å². The molecule has 0 spiro atoms. The first-order valence-electron chi connectivity index (χ1n) is 7.26. The van der Waals surface area contributed by atoms with Crippen molar-refractivity contribution in [3.8, 4) is 0 Å². The summed E-state index contributed by atoms with van der Waals surface area (Å²) in [6, 6.07) is 0. The minimum atomic E-state index is 0.0724. The Kier molecular flexibility index (Phi) is 3.16. The minimum absolute atomic E-state index is 0.0724. The highest BCUT2D eigenvalue weighted by atomic mass is 32.1. The quantitative estimate of drug-likeness (QED) is 0.844. The normalized spacial score (nSPS) is 21.3. The van der Waals surface area contributed by atoms with E-state index in [0.717, 1.165) is 41.1 Å². The van der Waals surface area contributed by atoms with Gasteiger partial charge in [-0.25, -0.2) is 4.98 Å². The molecule has 19 heavy (non-hydrogen) atoms. The highest BCUT2D eigenvalue weighted by molar-refractivity contribution is 7.17. The number of ketones is 1. The molecule has 1 heterocycles. The molecular formula is C15H22N2OS. The molecule has 0 unspecified atom stereocenters. The lowest BCUT2D eigenvalue weighted by molar-refractivity contribution is 0.0916. The number of hydrogen-bond acceptors (Lipinski definition) is 4. The van der Waals surface area contributed by atoms with Crippen molar-refractivity contribution in [1.82, 2.24) is 4.98 Å². The molecule has 0 N–H and O–H groups in total. The van der Waals surface area contributed by atoms with Crippen molar-refractivity contribution >= 4 is 22.3 Å². The summed E-state index contributed by atoms with van der Waals surface area (Å²) in [5.74, 6) is 1.14.